The fourth-order valence-corrected chi connectivity index (χ4v) is 3.18. The van der Waals surface area contributed by atoms with E-state index in [9.17, 15) is 0 Å². The van der Waals surface area contributed by atoms with Crippen molar-refractivity contribution in [3.63, 3.8) is 0 Å². The number of halogens is 1. The minimum atomic E-state index is 0.542. The molecule has 0 N–H and O–H groups in total. The number of hydrogen-bond donors (Lipinski definition) is 0. The van der Waals surface area contributed by atoms with E-state index in [-0.39, 0.29) is 0 Å². The first-order chi connectivity index (χ1) is 9.63. The Morgan fingerprint density at radius 3 is 2.80 bits per heavy atom. The van der Waals surface area contributed by atoms with Gasteiger partial charge in [-0.3, -0.25) is 0 Å². The summed E-state index contributed by atoms with van der Waals surface area (Å²) in [5.41, 5.74) is 1.06. The number of rotatable bonds is 3. The number of aromatic nitrogens is 2. The van der Waals surface area contributed by atoms with E-state index < -0.39 is 0 Å². The molecule has 0 bridgehead atoms. The van der Waals surface area contributed by atoms with Crippen LogP contribution in [-0.2, 0) is 6.54 Å². The minimum absolute atomic E-state index is 0.542. The molecule has 2 aromatic heterocycles. The molecule has 0 aliphatic carbocycles. The van der Waals surface area contributed by atoms with Crippen molar-refractivity contribution in [1.29, 1.82) is 0 Å². The predicted molar refractivity (Wildman–Crippen MR) is 85.7 cm³/mol. The summed E-state index contributed by atoms with van der Waals surface area (Å²) in [6.45, 7) is 2.74. The third kappa shape index (κ3) is 2.62. The van der Waals surface area contributed by atoms with Crippen LogP contribution in [0.15, 0.2) is 35.7 Å². The van der Waals surface area contributed by atoms with E-state index in [1.165, 1.54) is 0 Å². The second kappa shape index (κ2) is 5.38. The highest BCUT2D eigenvalue weighted by atomic mass is 35.5. The molecule has 3 nitrogen and oxygen atoms in total. The number of fused-ring (bicyclic) bond motifs is 1. The highest BCUT2D eigenvalue weighted by molar-refractivity contribution is 7.09. The molecule has 0 radical (unpaired) electrons. The second-order valence-corrected chi connectivity index (χ2v) is 6.03. The number of pyridine rings is 1. The van der Waals surface area contributed by atoms with Crippen LogP contribution in [0.1, 0.15) is 10.7 Å². The summed E-state index contributed by atoms with van der Waals surface area (Å²) in [6.07, 6.45) is 0. The Bertz CT molecular complexity index is 754. The van der Waals surface area contributed by atoms with Crippen LogP contribution < -0.4 is 4.90 Å². The van der Waals surface area contributed by atoms with E-state index in [0.29, 0.717) is 5.15 Å². The molecule has 2 heterocycles. The third-order valence-corrected chi connectivity index (χ3v) is 4.35. The number of benzene rings is 1. The summed E-state index contributed by atoms with van der Waals surface area (Å²) in [4.78, 5) is 11.0. The summed E-state index contributed by atoms with van der Waals surface area (Å²) >= 11 is 7.93. The molecule has 0 saturated heterocycles. The fourth-order valence-electron chi connectivity index (χ4n) is 2.10. The highest BCUT2D eigenvalue weighted by Gasteiger charge is 2.09. The van der Waals surface area contributed by atoms with Crippen molar-refractivity contribution >= 4 is 39.5 Å². The lowest BCUT2D eigenvalue weighted by Gasteiger charge is -2.17. The fraction of sp³-hybridized carbons (Fsp3) is 0.200. The Hall–Kier alpha value is -1.65. The molecule has 5 heteroatoms. The first-order valence-corrected chi connectivity index (χ1v) is 7.56. The van der Waals surface area contributed by atoms with Crippen molar-refractivity contribution in [1.82, 2.24) is 9.97 Å². The molecule has 0 aliphatic rings. The molecule has 3 aromatic rings. The zero-order chi connectivity index (χ0) is 14.1. The van der Waals surface area contributed by atoms with Crippen molar-refractivity contribution in [2.45, 2.75) is 13.5 Å². The van der Waals surface area contributed by atoms with Crippen LogP contribution in [0.25, 0.3) is 10.8 Å². The number of aryl methyl sites for hydroxylation is 1. The topological polar surface area (TPSA) is 29.0 Å². The molecule has 1 aromatic carbocycles. The summed E-state index contributed by atoms with van der Waals surface area (Å²) < 4.78 is 0. The zero-order valence-corrected chi connectivity index (χ0v) is 12.9. The summed E-state index contributed by atoms with van der Waals surface area (Å²) in [5.74, 6) is 0.863. The normalized spacial score (nSPS) is 10.9. The van der Waals surface area contributed by atoms with Gasteiger partial charge in [-0.1, -0.05) is 35.9 Å². The first-order valence-electron chi connectivity index (χ1n) is 6.31. The Morgan fingerprint density at radius 1 is 1.25 bits per heavy atom. The van der Waals surface area contributed by atoms with Crippen LogP contribution in [0.3, 0.4) is 0 Å². The molecule has 0 fully saturated rings. The lowest BCUT2D eigenvalue weighted by molar-refractivity contribution is 0.885. The summed E-state index contributed by atoms with van der Waals surface area (Å²) in [7, 11) is 2.00. The molecular weight excluding hydrogens is 290 g/mol. The number of thiazole rings is 1. The average molecular weight is 304 g/mol. The number of nitrogens with zero attached hydrogens (tertiary/aromatic N) is 3. The van der Waals surface area contributed by atoms with Gasteiger partial charge in [-0.15, -0.1) is 11.3 Å². The van der Waals surface area contributed by atoms with Gasteiger partial charge in [0, 0.05) is 23.5 Å². The quantitative estimate of drug-likeness (QED) is 0.676. The van der Waals surface area contributed by atoms with Gasteiger partial charge >= 0.3 is 0 Å². The Morgan fingerprint density at radius 2 is 2.05 bits per heavy atom. The number of hydrogen-bond acceptors (Lipinski definition) is 4. The van der Waals surface area contributed by atoms with Gasteiger partial charge in [-0.2, -0.15) is 0 Å². The molecular formula is C15H14ClN3S. The van der Waals surface area contributed by atoms with Crippen molar-refractivity contribution in [2.24, 2.45) is 0 Å². The second-order valence-electron chi connectivity index (χ2n) is 4.73. The van der Waals surface area contributed by atoms with Gasteiger partial charge in [-0.25, -0.2) is 9.97 Å². The van der Waals surface area contributed by atoms with Gasteiger partial charge in [0.25, 0.3) is 0 Å². The largest absolute Gasteiger partial charge is 0.353 e. The Balaban J connectivity index is 1.93. The van der Waals surface area contributed by atoms with E-state index in [4.69, 9.17) is 11.6 Å². The SMILES string of the molecule is Cc1csc(CN(C)c2cc3ccccc3c(Cl)n2)n1. The predicted octanol–water partition coefficient (Wildman–Crippen LogP) is 4.29. The molecule has 0 unspecified atom stereocenters. The summed E-state index contributed by atoms with van der Waals surface area (Å²) in [6, 6.07) is 10.1. The Kier molecular flexibility index (Phi) is 3.59. The lowest BCUT2D eigenvalue weighted by Crippen LogP contribution is -2.17. The maximum Gasteiger partial charge on any atom is 0.139 e. The highest BCUT2D eigenvalue weighted by Crippen LogP contribution is 2.26. The molecule has 0 aliphatic heterocycles. The van der Waals surface area contributed by atoms with Crippen molar-refractivity contribution < 1.29 is 0 Å². The van der Waals surface area contributed by atoms with Crippen LogP contribution in [0, 0.1) is 6.92 Å². The van der Waals surface area contributed by atoms with Crippen molar-refractivity contribution in [3.8, 4) is 0 Å². The van der Waals surface area contributed by atoms with Gasteiger partial charge in [0.2, 0.25) is 0 Å². The van der Waals surface area contributed by atoms with Crippen LogP contribution in [0.5, 0.6) is 0 Å². The monoisotopic (exact) mass is 303 g/mol. The van der Waals surface area contributed by atoms with E-state index in [0.717, 1.165) is 33.8 Å². The van der Waals surface area contributed by atoms with Crippen LogP contribution in [-0.4, -0.2) is 17.0 Å². The van der Waals surface area contributed by atoms with Crippen LogP contribution >= 0.6 is 22.9 Å². The summed E-state index contributed by atoms with van der Waals surface area (Å²) in [5, 5.41) is 5.77. The number of anilines is 1. The van der Waals surface area contributed by atoms with Crippen molar-refractivity contribution in [2.75, 3.05) is 11.9 Å². The van der Waals surface area contributed by atoms with E-state index in [1.54, 1.807) is 11.3 Å². The van der Waals surface area contributed by atoms with Gasteiger partial charge in [0.05, 0.1) is 6.54 Å². The van der Waals surface area contributed by atoms with E-state index in [2.05, 4.69) is 26.3 Å². The minimum Gasteiger partial charge on any atom is -0.353 e. The smallest absolute Gasteiger partial charge is 0.139 e. The van der Waals surface area contributed by atoms with Gasteiger partial charge in [-0.05, 0) is 18.4 Å². The van der Waals surface area contributed by atoms with Gasteiger partial charge in [0.1, 0.15) is 16.0 Å². The van der Waals surface area contributed by atoms with E-state index in [1.807, 2.05) is 38.2 Å². The zero-order valence-electron chi connectivity index (χ0n) is 11.3. The van der Waals surface area contributed by atoms with Gasteiger partial charge < -0.3 is 4.90 Å². The maximum atomic E-state index is 6.26. The lowest BCUT2D eigenvalue weighted by atomic mass is 10.2. The molecule has 0 spiro atoms. The average Bonchev–Trinajstić information content (AvgIpc) is 2.84. The van der Waals surface area contributed by atoms with Crippen molar-refractivity contribution in [3.05, 3.63) is 51.6 Å². The molecule has 3 rings (SSSR count). The molecule has 0 saturated carbocycles. The molecule has 0 atom stereocenters. The van der Waals surface area contributed by atoms with Crippen LogP contribution in [0.2, 0.25) is 5.15 Å². The molecule has 20 heavy (non-hydrogen) atoms. The molecule has 0 amide bonds. The standard InChI is InChI=1S/C15H14ClN3S/c1-10-9-20-14(17-10)8-19(2)13-7-11-5-3-4-6-12(11)15(16)18-13/h3-7,9H,8H2,1-2H3. The van der Waals surface area contributed by atoms with Crippen LogP contribution in [0.4, 0.5) is 5.82 Å². The first kappa shape index (κ1) is 13.3. The van der Waals surface area contributed by atoms with E-state index >= 15 is 0 Å². The Labute approximate surface area is 126 Å². The molecule has 102 valence electrons. The van der Waals surface area contributed by atoms with Gasteiger partial charge in [0.15, 0.2) is 0 Å². The maximum absolute atomic E-state index is 6.26. The third-order valence-electron chi connectivity index (χ3n) is 3.11.